The Kier molecular flexibility index (Phi) is 10.5. The quantitative estimate of drug-likeness (QED) is 0.218. The van der Waals surface area contributed by atoms with Crippen molar-refractivity contribution in [2.24, 2.45) is 0 Å². The molecular formula is C30H37F6NO6. The van der Waals surface area contributed by atoms with E-state index in [1.165, 1.54) is 24.3 Å². The van der Waals surface area contributed by atoms with Crippen molar-refractivity contribution in [3.05, 3.63) is 59.2 Å². The minimum absolute atomic E-state index is 0.0673. The van der Waals surface area contributed by atoms with Crippen molar-refractivity contribution < 1.29 is 54.8 Å². The van der Waals surface area contributed by atoms with Crippen molar-refractivity contribution >= 4 is 6.09 Å². The lowest BCUT2D eigenvalue weighted by molar-refractivity contribution is -0.274. The Morgan fingerprint density at radius 2 is 1.58 bits per heavy atom. The predicted octanol–water partition coefficient (Wildman–Crippen LogP) is 7.59. The molecule has 1 amide bonds. The fourth-order valence-electron chi connectivity index (χ4n) is 4.33. The largest absolute Gasteiger partial charge is 0.573 e. The van der Waals surface area contributed by atoms with Crippen molar-refractivity contribution in [1.82, 2.24) is 5.32 Å². The minimum Gasteiger partial charge on any atom is -0.493 e. The molecular weight excluding hydrogens is 584 g/mol. The van der Waals surface area contributed by atoms with Crippen LogP contribution in [0.3, 0.4) is 0 Å². The summed E-state index contributed by atoms with van der Waals surface area (Å²) in [5.74, 6) is -1.63. The summed E-state index contributed by atoms with van der Waals surface area (Å²) in [6.07, 6.45) is -9.35. The lowest BCUT2D eigenvalue weighted by Crippen LogP contribution is -2.61. The molecule has 1 fully saturated rings. The molecule has 1 heterocycles. The number of amides is 1. The van der Waals surface area contributed by atoms with E-state index in [0.717, 1.165) is 12.1 Å². The van der Waals surface area contributed by atoms with Crippen molar-refractivity contribution in [2.75, 3.05) is 19.8 Å². The van der Waals surface area contributed by atoms with E-state index in [0.29, 0.717) is 11.1 Å². The molecule has 240 valence electrons. The first-order valence-corrected chi connectivity index (χ1v) is 13.7. The smallest absolute Gasteiger partial charge is 0.493 e. The number of ether oxygens (including phenoxy) is 5. The van der Waals surface area contributed by atoms with E-state index in [-0.39, 0.29) is 57.0 Å². The first-order chi connectivity index (χ1) is 19.7. The van der Waals surface area contributed by atoms with Gasteiger partial charge in [-0.25, -0.2) is 4.79 Å². The third-order valence-corrected chi connectivity index (χ3v) is 6.40. The van der Waals surface area contributed by atoms with Crippen molar-refractivity contribution in [3.63, 3.8) is 0 Å². The van der Waals surface area contributed by atoms with E-state index < -0.39 is 41.1 Å². The van der Waals surface area contributed by atoms with Gasteiger partial charge in [-0.2, -0.15) is 13.2 Å². The third-order valence-electron chi connectivity index (χ3n) is 6.40. The van der Waals surface area contributed by atoms with Gasteiger partial charge in [0.1, 0.15) is 17.1 Å². The number of alkyl halides is 6. The summed E-state index contributed by atoms with van der Waals surface area (Å²) >= 11 is 0. The Morgan fingerprint density at radius 3 is 2.19 bits per heavy atom. The summed E-state index contributed by atoms with van der Waals surface area (Å²) in [5.41, 5.74) is -1.88. The van der Waals surface area contributed by atoms with Crippen LogP contribution in [0, 0.1) is 0 Å². The van der Waals surface area contributed by atoms with E-state index in [9.17, 15) is 31.1 Å². The van der Waals surface area contributed by atoms with E-state index in [2.05, 4.69) is 10.1 Å². The number of hydrogen-bond donors (Lipinski definition) is 1. The van der Waals surface area contributed by atoms with Crippen LogP contribution in [-0.4, -0.2) is 49.2 Å². The fraction of sp³-hybridized carbons (Fsp3) is 0.567. The molecule has 0 atom stereocenters. The highest BCUT2D eigenvalue weighted by atomic mass is 19.4. The summed E-state index contributed by atoms with van der Waals surface area (Å²) in [5, 5.41) is 2.79. The van der Waals surface area contributed by atoms with Gasteiger partial charge in [-0.3, -0.25) is 0 Å². The van der Waals surface area contributed by atoms with Gasteiger partial charge in [-0.05, 0) is 95.7 Å². The van der Waals surface area contributed by atoms with Crippen LogP contribution >= 0.6 is 0 Å². The normalized spacial score (nSPS) is 16.8. The summed E-state index contributed by atoms with van der Waals surface area (Å²) in [7, 11) is 0. The third kappa shape index (κ3) is 11.4. The molecule has 2 aromatic rings. The zero-order valence-electron chi connectivity index (χ0n) is 24.7. The zero-order chi connectivity index (χ0) is 32.1. The maximum absolute atomic E-state index is 14.0. The molecule has 0 unspecified atom stereocenters. The second kappa shape index (κ2) is 13.2. The van der Waals surface area contributed by atoms with Gasteiger partial charge in [0.2, 0.25) is 0 Å². The maximum atomic E-state index is 14.0. The molecule has 1 N–H and O–H groups in total. The van der Waals surface area contributed by atoms with Gasteiger partial charge in [0, 0.05) is 0 Å². The summed E-state index contributed by atoms with van der Waals surface area (Å²) in [6.45, 7) is 8.61. The second-order valence-electron chi connectivity index (χ2n) is 11.9. The number of benzene rings is 2. The minimum atomic E-state index is -4.83. The molecule has 0 bridgehead atoms. The first-order valence-electron chi connectivity index (χ1n) is 13.7. The zero-order valence-corrected chi connectivity index (χ0v) is 24.7. The van der Waals surface area contributed by atoms with Gasteiger partial charge < -0.3 is 29.0 Å². The van der Waals surface area contributed by atoms with E-state index in [4.69, 9.17) is 18.9 Å². The summed E-state index contributed by atoms with van der Waals surface area (Å²) in [6, 6.07) is 9.12. The molecule has 1 aliphatic rings. The number of aryl methyl sites for hydroxylation is 2. The van der Waals surface area contributed by atoms with E-state index >= 15 is 0 Å². The number of carbonyl (C=O) groups excluding carboxylic acids is 1. The Morgan fingerprint density at radius 1 is 0.930 bits per heavy atom. The van der Waals surface area contributed by atoms with Gasteiger partial charge in [0.15, 0.2) is 5.79 Å². The van der Waals surface area contributed by atoms with Crippen LogP contribution in [0.1, 0.15) is 64.2 Å². The molecule has 2 aromatic carbocycles. The molecule has 0 spiro atoms. The highest BCUT2D eigenvalue weighted by molar-refractivity contribution is 5.69. The molecule has 1 saturated heterocycles. The summed E-state index contributed by atoms with van der Waals surface area (Å²) in [4.78, 5) is 12.6. The van der Waals surface area contributed by atoms with Crippen molar-refractivity contribution in [1.29, 1.82) is 0 Å². The van der Waals surface area contributed by atoms with Gasteiger partial charge in [0.25, 0.3) is 0 Å². The number of rotatable bonds is 10. The van der Waals surface area contributed by atoms with Crippen molar-refractivity contribution in [3.8, 4) is 11.5 Å². The maximum Gasteiger partial charge on any atom is 0.573 e. The van der Waals surface area contributed by atoms with E-state index in [1.54, 1.807) is 40.7 Å². The molecule has 1 aliphatic heterocycles. The molecule has 7 nitrogen and oxygen atoms in total. The van der Waals surface area contributed by atoms with Gasteiger partial charge in [-0.1, -0.05) is 18.2 Å². The molecule has 0 aromatic heterocycles. The van der Waals surface area contributed by atoms with Gasteiger partial charge in [-0.15, -0.1) is 13.2 Å². The number of alkyl carbamates (subject to hydrolysis) is 1. The van der Waals surface area contributed by atoms with E-state index in [1.807, 2.05) is 0 Å². The van der Waals surface area contributed by atoms with Crippen LogP contribution in [0.2, 0.25) is 0 Å². The Bertz CT molecular complexity index is 1230. The molecule has 0 saturated carbocycles. The lowest BCUT2D eigenvalue weighted by Gasteiger charge is -2.44. The Balaban J connectivity index is 1.66. The van der Waals surface area contributed by atoms with Crippen LogP contribution in [0.15, 0.2) is 42.5 Å². The highest BCUT2D eigenvalue weighted by Gasteiger charge is 2.42. The molecule has 0 radical (unpaired) electrons. The first kappa shape index (κ1) is 34.3. The van der Waals surface area contributed by atoms with Gasteiger partial charge >= 0.3 is 18.6 Å². The Hall–Kier alpha value is -3.19. The van der Waals surface area contributed by atoms with Gasteiger partial charge in [0.05, 0.1) is 30.9 Å². The van der Waals surface area contributed by atoms with Crippen molar-refractivity contribution in [2.45, 2.75) is 89.8 Å². The topological polar surface area (TPSA) is 75.3 Å². The average molecular weight is 622 g/mol. The Labute approximate surface area is 246 Å². The van der Waals surface area contributed by atoms with Crippen LogP contribution in [0.4, 0.5) is 31.1 Å². The highest BCUT2D eigenvalue weighted by Crippen LogP contribution is 2.38. The molecule has 43 heavy (non-hydrogen) atoms. The van der Waals surface area contributed by atoms with Crippen LogP contribution < -0.4 is 14.8 Å². The molecule has 13 heteroatoms. The SMILES string of the molecule is CC(C)(C)OC(=O)NC1(CCc2ccc(OCCCc3cccc(OC(F)(F)F)c3)c(C(F)(F)F)c2)COC(C)(C)OC1. The number of halogens is 6. The fourth-order valence-corrected chi connectivity index (χ4v) is 4.33. The average Bonchev–Trinajstić information content (AvgIpc) is 2.85. The predicted molar refractivity (Wildman–Crippen MR) is 145 cm³/mol. The number of carbonyl (C=O) groups is 1. The second-order valence-corrected chi connectivity index (χ2v) is 11.9. The molecule has 0 aliphatic carbocycles. The summed E-state index contributed by atoms with van der Waals surface area (Å²) < 4.78 is 106. The van der Waals surface area contributed by atoms with Crippen LogP contribution in [-0.2, 0) is 33.2 Å². The standard InChI is InChI=1S/C30H37F6NO6/c1-26(2,3)43-25(38)37-28(18-40-27(4,5)41-19-28)14-13-21-11-12-24(23(17-21)29(31,32)33)39-15-7-9-20-8-6-10-22(16-20)42-30(34,35)36/h6,8,10-12,16-17H,7,9,13-15,18-19H2,1-5H3,(H,37,38). The molecule has 3 rings (SSSR count). The van der Waals surface area contributed by atoms with Crippen LogP contribution in [0.5, 0.6) is 11.5 Å². The number of nitrogens with one attached hydrogen (secondary N) is 1. The monoisotopic (exact) mass is 621 g/mol. The lowest BCUT2D eigenvalue weighted by atomic mass is 9.91. The van der Waals surface area contributed by atoms with Crippen LogP contribution in [0.25, 0.3) is 0 Å². The number of hydrogen-bond acceptors (Lipinski definition) is 6.